The van der Waals surface area contributed by atoms with Gasteiger partial charge in [-0.2, -0.15) is 5.10 Å². The van der Waals surface area contributed by atoms with E-state index >= 15 is 0 Å². The molecular weight excluding hydrogens is 402 g/mol. The third kappa shape index (κ3) is 4.38. The molecule has 7 nitrogen and oxygen atoms in total. The molecule has 0 unspecified atom stereocenters. The molecule has 1 fully saturated rings. The number of aromatic nitrogens is 3. The second kappa shape index (κ2) is 9.10. The molecule has 1 aliphatic rings. The molecule has 32 heavy (non-hydrogen) atoms. The van der Waals surface area contributed by atoms with Crippen LogP contribution in [-0.4, -0.2) is 50.6 Å². The van der Waals surface area contributed by atoms with Gasteiger partial charge in [-0.05, 0) is 32.8 Å². The van der Waals surface area contributed by atoms with Crippen LogP contribution in [0.15, 0.2) is 42.6 Å². The molecule has 0 spiro atoms. The summed E-state index contributed by atoms with van der Waals surface area (Å²) in [5, 5.41) is 8.44. The first kappa shape index (κ1) is 22.0. The average Bonchev–Trinajstić information content (AvgIpc) is 3.23. The molecule has 1 saturated heterocycles. The van der Waals surface area contributed by atoms with Gasteiger partial charge in [-0.15, -0.1) is 0 Å². The van der Waals surface area contributed by atoms with Gasteiger partial charge in [-0.3, -0.25) is 9.59 Å². The van der Waals surface area contributed by atoms with Crippen LogP contribution in [0.25, 0.3) is 22.3 Å². The Hall–Kier alpha value is -3.22. The van der Waals surface area contributed by atoms with Crippen LogP contribution >= 0.6 is 0 Å². The van der Waals surface area contributed by atoms with Crippen molar-refractivity contribution in [2.75, 3.05) is 13.1 Å². The van der Waals surface area contributed by atoms with E-state index in [0.29, 0.717) is 24.3 Å². The van der Waals surface area contributed by atoms with Gasteiger partial charge in [-0.25, -0.2) is 9.67 Å². The van der Waals surface area contributed by atoms with Gasteiger partial charge < -0.3 is 10.2 Å². The lowest BCUT2D eigenvalue weighted by atomic mass is 10.0. The lowest BCUT2D eigenvalue weighted by Crippen LogP contribution is -2.47. The van der Waals surface area contributed by atoms with Crippen molar-refractivity contribution >= 4 is 22.8 Å². The number of fused-ring (bicyclic) bond motifs is 1. The lowest BCUT2D eigenvalue weighted by molar-refractivity contribution is -0.135. The number of benzene rings is 1. The van der Waals surface area contributed by atoms with Crippen LogP contribution in [-0.2, 0) is 4.79 Å². The molecule has 4 rings (SSSR count). The Labute approximate surface area is 188 Å². The number of carbonyl (C=O) groups excluding carboxylic acids is 2. The summed E-state index contributed by atoms with van der Waals surface area (Å²) >= 11 is 0. The molecule has 1 aliphatic heterocycles. The summed E-state index contributed by atoms with van der Waals surface area (Å²) in [7, 11) is 0. The summed E-state index contributed by atoms with van der Waals surface area (Å²) in [6.45, 7) is 9.30. The van der Waals surface area contributed by atoms with Gasteiger partial charge in [-0.1, -0.05) is 44.2 Å². The number of pyridine rings is 1. The van der Waals surface area contributed by atoms with Crippen LogP contribution in [0.3, 0.4) is 0 Å². The molecule has 0 radical (unpaired) electrons. The highest BCUT2D eigenvalue weighted by atomic mass is 16.2. The number of piperidine rings is 1. The second-order valence-corrected chi connectivity index (χ2v) is 9.07. The van der Waals surface area contributed by atoms with E-state index in [9.17, 15) is 9.59 Å². The first-order chi connectivity index (χ1) is 15.3. The van der Waals surface area contributed by atoms with Gasteiger partial charge in [0.1, 0.15) is 0 Å². The Bertz CT molecular complexity index is 1110. The minimum atomic E-state index is -0.119. The van der Waals surface area contributed by atoms with Crippen LogP contribution in [0.1, 0.15) is 56.9 Å². The minimum absolute atomic E-state index is 0.000135. The number of nitrogens with zero attached hydrogens (tertiary/aromatic N) is 4. The third-order valence-corrected chi connectivity index (χ3v) is 6.01. The van der Waals surface area contributed by atoms with E-state index in [4.69, 9.17) is 4.98 Å². The van der Waals surface area contributed by atoms with Crippen molar-refractivity contribution in [3.63, 3.8) is 0 Å². The average molecular weight is 434 g/mol. The molecule has 0 atom stereocenters. The SMILES string of the molecule is CC(C)C(=O)N1CCC(NC(=O)c2cc(-c3ccccc3)nc3c2cnn3C(C)C)CC1. The van der Waals surface area contributed by atoms with E-state index in [1.165, 1.54) is 0 Å². The van der Waals surface area contributed by atoms with Crippen LogP contribution in [0.2, 0.25) is 0 Å². The topological polar surface area (TPSA) is 80.1 Å². The largest absolute Gasteiger partial charge is 0.349 e. The maximum absolute atomic E-state index is 13.4. The maximum atomic E-state index is 13.4. The number of carbonyl (C=O) groups is 2. The smallest absolute Gasteiger partial charge is 0.252 e. The van der Waals surface area contributed by atoms with Gasteiger partial charge in [0.15, 0.2) is 5.65 Å². The molecule has 0 saturated carbocycles. The molecule has 0 aliphatic carbocycles. The molecular formula is C25H31N5O2. The van der Waals surface area contributed by atoms with Crippen molar-refractivity contribution < 1.29 is 9.59 Å². The zero-order valence-corrected chi connectivity index (χ0v) is 19.2. The number of nitrogens with one attached hydrogen (secondary N) is 1. The first-order valence-electron chi connectivity index (χ1n) is 11.4. The molecule has 2 aromatic heterocycles. The number of hydrogen-bond acceptors (Lipinski definition) is 4. The summed E-state index contributed by atoms with van der Waals surface area (Å²) < 4.78 is 1.86. The lowest BCUT2D eigenvalue weighted by Gasteiger charge is -2.33. The number of rotatable bonds is 5. The zero-order valence-electron chi connectivity index (χ0n) is 19.2. The van der Waals surface area contributed by atoms with Crippen LogP contribution in [0.5, 0.6) is 0 Å². The highest BCUT2D eigenvalue weighted by Crippen LogP contribution is 2.26. The molecule has 1 N–H and O–H groups in total. The molecule has 2 amide bonds. The van der Waals surface area contributed by atoms with Crippen LogP contribution in [0, 0.1) is 5.92 Å². The fourth-order valence-corrected chi connectivity index (χ4v) is 4.21. The Morgan fingerprint density at radius 3 is 2.38 bits per heavy atom. The minimum Gasteiger partial charge on any atom is -0.349 e. The van der Waals surface area contributed by atoms with E-state index in [-0.39, 0.29) is 29.8 Å². The summed E-state index contributed by atoms with van der Waals surface area (Å²) in [6.07, 6.45) is 3.25. The summed E-state index contributed by atoms with van der Waals surface area (Å²) in [6, 6.07) is 11.9. The van der Waals surface area contributed by atoms with Crippen molar-refractivity contribution in [3.05, 3.63) is 48.2 Å². The second-order valence-electron chi connectivity index (χ2n) is 9.07. The van der Waals surface area contributed by atoms with Gasteiger partial charge >= 0.3 is 0 Å². The predicted octanol–water partition coefficient (Wildman–Crippen LogP) is 4.06. The van der Waals surface area contributed by atoms with Crippen molar-refractivity contribution in [3.8, 4) is 11.3 Å². The van der Waals surface area contributed by atoms with Gasteiger partial charge in [0.25, 0.3) is 5.91 Å². The predicted molar refractivity (Wildman–Crippen MR) is 125 cm³/mol. The third-order valence-electron chi connectivity index (χ3n) is 6.01. The van der Waals surface area contributed by atoms with E-state index < -0.39 is 0 Å². The van der Waals surface area contributed by atoms with Gasteiger partial charge in [0, 0.05) is 36.7 Å². The molecule has 1 aromatic carbocycles. The van der Waals surface area contributed by atoms with Crippen molar-refractivity contribution in [1.82, 2.24) is 25.0 Å². The molecule has 3 heterocycles. The van der Waals surface area contributed by atoms with E-state index in [1.54, 1.807) is 6.20 Å². The zero-order chi connectivity index (χ0) is 22.8. The number of amides is 2. The quantitative estimate of drug-likeness (QED) is 0.658. The fraction of sp³-hybridized carbons (Fsp3) is 0.440. The fourth-order valence-electron chi connectivity index (χ4n) is 4.21. The Balaban J connectivity index is 1.61. The van der Waals surface area contributed by atoms with Crippen LogP contribution < -0.4 is 5.32 Å². The van der Waals surface area contributed by atoms with Gasteiger partial charge in [0.2, 0.25) is 5.91 Å². The number of likely N-dealkylation sites (tertiary alicyclic amines) is 1. The van der Waals surface area contributed by atoms with Gasteiger partial charge in [0.05, 0.1) is 22.8 Å². The van der Waals surface area contributed by atoms with Crippen molar-refractivity contribution in [1.29, 1.82) is 0 Å². The van der Waals surface area contributed by atoms with E-state index in [1.807, 2.05) is 59.8 Å². The Morgan fingerprint density at radius 1 is 1.06 bits per heavy atom. The Morgan fingerprint density at radius 2 is 1.75 bits per heavy atom. The summed E-state index contributed by atoms with van der Waals surface area (Å²) in [5.74, 6) is 0.0610. The summed E-state index contributed by atoms with van der Waals surface area (Å²) in [5.41, 5.74) is 3.01. The monoisotopic (exact) mass is 433 g/mol. The van der Waals surface area contributed by atoms with Crippen molar-refractivity contribution in [2.45, 2.75) is 52.6 Å². The molecule has 168 valence electrons. The highest BCUT2D eigenvalue weighted by molar-refractivity contribution is 6.06. The molecule has 7 heteroatoms. The van der Waals surface area contributed by atoms with Crippen molar-refractivity contribution in [2.24, 2.45) is 5.92 Å². The number of hydrogen-bond donors (Lipinski definition) is 1. The van der Waals surface area contributed by atoms with E-state index in [0.717, 1.165) is 29.5 Å². The normalized spacial score (nSPS) is 15.0. The molecule has 3 aromatic rings. The maximum Gasteiger partial charge on any atom is 0.252 e. The molecule has 0 bridgehead atoms. The standard InChI is InChI=1S/C25H31N5O2/c1-16(2)25(32)29-12-10-19(11-13-29)27-24(31)20-14-22(18-8-6-5-7-9-18)28-23-21(20)15-26-30(23)17(3)4/h5-9,14-17,19H,10-13H2,1-4H3,(H,27,31). The first-order valence-corrected chi connectivity index (χ1v) is 11.4. The Kier molecular flexibility index (Phi) is 6.26. The van der Waals surface area contributed by atoms with E-state index in [2.05, 4.69) is 24.3 Å². The highest BCUT2D eigenvalue weighted by Gasteiger charge is 2.26. The summed E-state index contributed by atoms with van der Waals surface area (Å²) in [4.78, 5) is 32.3. The van der Waals surface area contributed by atoms with Crippen LogP contribution in [0.4, 0.5) is 0 Å².